The number of aryl methyl sites for hydroxylation is 2. The lowest BCUT2D eigenvalue weighted by Crippen LogP contribution is -2.25. The van der Waals surface area contributed by atoms with E-state index in [0.29, 0.717) is 10.8 Å². The van der Waals surface area contributed by atoms with Gasteiger partial charge in [-0.25, -0.2) is 9.78 Å². The molecule has 6 nitrogen and oxygen atoms in total. The van der Waals surface area contributed by atoms with Gasteiger partial charge in [0.1, 0.15) is 11.6 Å². The summed E-state index contributed by atoms with van der Waals surface area (Å²) < 4.78 is 5.08. The van der Waals surface area contributed by atoms with Crippen LogP contribution in [0.5, 0.6) is 0 Å². The van der Waals surface area contributed by atoms with Gasteiger partial charge >= 0.3 is 5.97 Å². The first-order chi connectivity index (χ1) is 13.8. The van der Waals surface area contributed by atoms with Gasteiger partial charge in [-0.15, -0.1) is 11.3 Å². The van der Waals surface area contributed by atoms with E-state index >= 15 is 0 Å². The average molecular weight is 412 g/mol. The number of benzene rings is 1. The molecular weight excluding hydrogens is 386 g/mol. The molecule has 0 aliphatic heterocycles. The van der Waals surface area contributed by atoms with Gasteiger partial charge in [0.05, 0.1) is 17.5 Å². The van der Waals surface area contributed by atoms with E-state index in [1.807, 2.05) is 38.1 Å². The summed E-state index contributed by atoms with van der Waals surface area (Å²) in [6.45, 7) is 9.03. The zero-order valence-electron chi connectivity index (χ0n) is 17.4. The molecule has 0 bridgehead atoms. The molecule has 2 aromatic rings. The molecule has 0 fully saturated rings. The predicted octanol–water partition coefficient (Wildman–Crippen LogP) is 4.81. The van der Waals surface area contributed by atoms with Gasteiger partial charge < -0.3 is 4.74 Å². The van der Waals surface area contributed by atoms with Gasteiger partial charge in [0.2, 0.25) is 5.91 Å². The number of carbonyl (C=O) groups is 2. The summed E-state index contributed by atoms with van der Waals surface area (Å²) in [5.41, 5.74) is 3.28. The van der Waals surface area contributed by atoms with E-state index in [1.54, 1.807) is 24.1 Å². The van der Waals surface area contributed by atoms with Crippen LogP contribution in [0.25, 0.3) is 6.08 Å². The van der Waals surface area contributed by atoms with Gasteiger partial charge in [0.25, 0.3) is 0 Å². The van der Waals surface area contributed by atoms with E-state index in [-0.39, 0.29) is 17.6 Å². The Morgan fingerprint density at radius 2 is 1.90 bits per heavy atom. The molecule has 0 saturated carbocycles. The number of nitriles is 1. The number of esters is 1. The van der Waals surface area contributed by atoms with Crippen LogP contribution in [-0.2, 0) is 27.2 Å². The summed E-state index contributed by atoms with van der Waals surface area (Å²) in [6.07, 6.45) is 2.63. The van der Waals surface area contributed by atoms with Crippen LogP contribution in [0.15, 0.2) is 29.2 Å². The number of thiazole rings is 1. The van der Waals surface area contributed by atoms with Crippen molar-refractivity contribution in [3.05, 3.63) is 46.0 Å². The summed E-state index contributed by atoms with van der Waals surface area (Å²) in [7, 11) is 0. The van der Waals surface area contributed by atoms with Gasteiger partial charge in [-0.3, -0.25) is 9.69 Å². The number of hydrogen-bond acceptors (Lipinski definition) is 6. The summed E-state index contributed by atoms with van der Waals surface area (Å²) in [5.74, 6) is -0.838. The molecule has 0 saturated heterocycles. The van der Waals surface area contributed by atoms with Crippen LogP contribution in [0.3, 0.4) is 0 Å². The molecule has 1 amide bonds. The first kappa shape index (κ1) is 22.3. The maximum Gasteiger partial charge on any atom is 0.349 e. The smallest absolute Gasteiger partial charge is 0.349 e. The molecule has 0 radical (unpaired) electrons. The van der Waals surface area contributed by atoms with Crippen LogP contribution in [0, 0.1) is 11.3 Å². The first-order valence-electron chi connectivity index (χ1n) is 9.52. The molecule has 1 aromatic heterocycles. The van der Waals surface area contributed by atoms with Crippen molar-refractivity contribution in [3.8, 4) is 6.07 Å². The van der Waals surface area contributed by atoms with Gasteiger partial charge in [0, 0.05) is 12.3 Å². The fraction of sp³-hybridized carbons (Fsp3) is 0.364. The average Bonchev–Trinajstić information content (AvgIpc) is 3.13. The van der Waals surface area contributed by atoms with E-state index in [9.17, 15) is 14.9 Å². The molecule has 152 valence electrons. The van der Waals surface area contributed by atoms with Crippen LogP contribution >= 0.6 is 11.3 Å². The van der Waals surface area contributed by atoms with E-state index in [0.717, 1.165) is 29.7 Å². The largest absolute Gasteiger partial charge is 0.459 e. The Bertz CT molecular complexity index is 948. The van der Waals surface area contributed by atoms with E-state index in [2.05, 4.69) is 4.98 Å². The van der Waals surface area contributed by atoms with Crippen molar-refractivity contribution < 1.29 is 14.3 Å². The Kier molecular flexibility index (Phi) is 7.68. The molecule has 2 rings (SSSR count). The topological polar surface area (TPSA) is 83.3 Å². The zero-order valence-corrected chi connectivity index (χ0v) is 18.2. The van der Waals surface area contributed by atoms with E-state index in [4.69, 9.17) is 4.74 Å². The number of hydrogen-bond donors (Lipinski definition) is 0. The number of anilines is 2. The SMILES string of the molecule is CCc1cccc(CC)c1N(C(C)=O)c1nc(C=C(C#N)C(=O)OC(C)C)cs1. The highest BCUT2D eigenvalue weighted by Crippen LogP contribution is 2.35. The molecule has 0 aliphatic carbocycles. The number of ether oxygens (including phenoxy) is 1. The van der Waals surface area contributed by atoms with Crippen molar-refractivity contribution in [3.63, 3.8) is 0 Å². The highest BCUT2D eigenvalue weighted by Gasteiger charge is 2.23. The number of rotatable bonds is 7. The first-order valence-corrected chi connectivity index (χ1v) is 10.4. The third kappa shape index (κ3) is 5.30. The normalized spacial score (nSPS) is 11.3. The number of aromatic nitrogens is 1. The molecule has 1 aromatic carbocycles. The Labute approximate surface area is 175 Å². The molecular formula is C22H25N3O3S. The molecule has 0 unspecified atom stereocenters. The van der Waals surface area contributed by atoms with E-state index in [1.165, 1.54) is 24.3 Å². The lowest BCUT2D eigenvalue weighted by Gasteiger charge is -2.24. The lowest BCUT2D eigenvalue weighted by atomic mass is 10.0. The van der Waals surface area contributed by atoms with Crippen molar-refractivity contribution in [1.82, 2.24) is 4.98 Å². The fourth-order valence-corrected chi connectivity index (χ4v) is 3.73. The molecule has 7 heteroatoms. The minimum atomic E-state index is -0.690. The molecule has 0 aliphatic rings. The van der Waals surface area contributed by atoms with Crippen molar-refractivity contribution in [2.24, 2.45) is 0 Å². The van der Waals surface area contributed by atoms with Gasteiger partial charge in [0.15, 0.2) is 5.13 Å². The Morgan fingerprint density at radius 1 is 1.28 bits per heavy atom. The summed E-state index contributed by atoms with van der Waals surface area (Å²) in [4.78, 5) is 30.7. The van der Waals surface area contributed by atoms with Crippen LogP contribution in [0.2, 0.25) is 0 Å². The van der Waals surface area contributed by atoms with Crippen molar-refractivity contribution in [2.45, 2.75) is 53.6 Å². The van der Waals surface area contributed by atoms with Crippen molar-refractivity contribution in [1.29, 1.82) is 5.26 Å². The standard InChI is InChI=1S/C22H25N3O3S/c1-6-16-9-8-10-17(7-2)20(16)25(15(5)26)22-24-19(13-29-22)11-18(12-23)21(27)28-14(3)4/h8-11,13-14H,6-7H2,1-5H3. The van der Waals surface area contributed by atoms with E-state index < -0.39 is 5.97 Å². The zero-order chi connectivity index (χ0) is 21.6. The number of amides is 1. The van der Waals surface area contributed by atoms with Gasteiger partial charge in [-0.1, -0.05) is 32.0 Å². The monoisotopic (exact) mass is 411 g/mol. The lowest BCUT2D eigenvalue weighted by molar-refractivity contribution is -0.142. The van der Waals surface area contributed by atoms with Crippen LogP contribution < -0.4 is 4.90 Å². The molecule has 1 heterocycles. The maximum atomic E-state index is 12.5. The summed E-state index contributed by atoms with van der Waals surface area (Å²) in [5, 5.41) is 11.5. The summed E-state index contributed by atoms with van der Waals surface area (Å²) in [6, 6.07) is 7.87. The molecule has 0 atom stereocenters. The number of carbonyl (C=O) groups excluding carboxylic acids is 2. The third-order valence-corrected chi connectivity index (χ3v) is 5.02. The number of nitrogens with zero attached hydrogens (tertiary/aromatic N) is 3. The Hall–Kier alpha value is -2.98. The Morgan fingerprint density at radius 3 is 2.38 bits per heavy atom. The Balaban J connectivity index is 2.49. The third-order valence-electron chi connectivity index (χ3n) is 4.18. The highest BCUT2D eigenvalue weighted by atomic mass is 32.1. The second-order valence-electron chi connectivity index (χ2n) is 6.67. The second kappa shape index (κ2) is 9.99. The van der Waals surface area contributed by atoms with Crippen molar-refractivity contribution >= 4 is 40.1 Å². The van der Waals surface area contributed by atoms with Crippen LogP contribution in [0.1, 0.15) is 51.4 Å². The number of para-hydroxylation sites is 1. The molecule has 29 heavy (non-hydrogen) atoms. The minimum Gasteiger partial charge on any atom is -0.459 e. The van der Waals surface area contributed by atoms with Crippen molar-refractivity contribution in [2.75, 3.05) is 4.90 Å². The fourth-order valence-electron chi connectivity index (χ4n) is 2.90. The maximum absolute atomic E-state index is 12.5. The van der Waals surface area contributed by atoms with Gasteiger partial charge in [-0.2, -0.15) is 5.26 Å². The predicted molar refractivity (Wildman–Crippen MR) is 115 cm³/mol. The second-order valence-corrected chi connectivity index (χ2v) is 7.50. The minimum absolute atomic E-state index is 0.131. The molecule has 0 N–H and O–H groups in total. The molecule has 0 spiro atoms. The summed E-state index contributed by atoms with van der Waals surface area (Å²) >= 11 is 1.29. The van der Waals surface area contributed by atoms with Gasteiger partial charge in [-0.05, 0) is 43.9 Å². The van der Waals surface area contributed by atoms with Crippen LogP contribution in [-0.4, -0.2) is 23.0 Å². The quantitative estimate of drug-likeness (QED) is 0.371. The van der Waals surface area contributed by atoms with Crippen LogP contribution in [0.4, 0.5) is 10.8 Å². The highest BCUT2D eigenvalue weighted by molar-refractivity contribution is 7.14.